The van der Waals surface area contributed by atoms with Gasteiger partial charge >= 0.3 is 0 Å². The molecule has 0 heterocycles. The summed E-state index contributed by atoms with van der Waals surface area (Å²) in [5.41, 5.74) is 3.48. The highest BCUT2D eigenvalue weighted by molar-refractivity contribution is 5.45. The maximum Gasteiger partial charge on any atom is 0.124 e. The van der Waals surface area contributed by atoms with E-state index in [2.05, 4.69) is 12.1 Å². The summed E-state index contributed by atoms with van der Waals surface area (Å²) in [4.78, 5) is 0. The number of hydrogen-bond donors (Lipinski definition) is 1. The van der Waals surface area contributed by atoms with Crippen molar-refractivity contribution < 1.29 is 9.84 Å². The second-order valence-electron chi connectivity index (χ2n) is 4.70. The van der Waals surface area contributed by atoms with E-state index in [1.165, 1.54) is 11.1 Å². The largest absolute Gasteiger partial charge is 0.496 e. The van der Waals surface area contributed by atoms with Crippen LogP contribution in [-0.2, 0) is 6.42 Å². The molecule has 18 heavy (non-hydrogen) atoms. The van der Waals surface area contributed by atoms with Gasteiger partial charge in [0.1, 0.15) is 5.75 Å². The molecule has 1 N–H and O–H groups in total. The van der Waals surface area contributed by atoms with Crippen molar-refractivity contribution in [2.75, 3.05) is 7.11 Å². The lowest BCUT2D eigenvalue weighted by atomic mass is 9.73. The smallest absolute Gasteiger partial charge is 0.124 e. The molecule has 0 fully saturated rings. The van der Waals surface area contributed by atoms with Crippen LogP contribution in [0.25, 0.3) is 0 Å². The van der Waals surface area contributed by atoms with Gasteiger partial charge in [-0.05, 0) is 23.6 Å². The summed E-state index contributed by atoms with van der Waals surface area (Å²) in [6, 6.07) is 16.0. The van der Waals surface area contributed by atoms with Crippen molar-refractivity contribution in [2.45, 2.75) is 18.4 Å². The zero-order valence-electron chi connectivity index (χ0n) is 10.3. The predicted molar refractivity (Wildman–Crippen MR) is 70.8 cm³/mol. The Morgan fingerprint density at radius 1 is 1.11 bits per heavy atom. The summed E-state index contributed by atoms with van der Waals surface area (Å²) < 4.78 is 5.31. The van der Waals surface area contributed by atoms with Crippen LogP contribution in [-0.4, -0.2) is 12.2 Å². The van der Waals surface area contributed by atoms with Crippen LogP contribution in [0.1, 0.15) is 28.7 Å². The third kappa shape index (κ3) is 1.70. The minimum atomic E-state index is -0.490. The molecular formula is C16H16O2. The van der Waals surface area contributed by atoms with Crippen molar-refractivity contribution in [3.63, 3.8) is 0 Å². The maximum absolute atomic E-state index is 10.5. The molecule has 0 spiro atoms. The second-order valence-corrected chi connectivity index (χ2v) is 4.70. The van der Waals surface area contributed by atoms with Gasteiger partial charge in [0.05, 0.1) is 13.2 Å². The number of aliphatic hydroxyl groups excluding tert-OH is 1. The quantitative estimate of drug-likeness (QED) is 0.893. The molecule has 0 radical (unpaired) electrons. The van der Waals surface area contributed by atoms with Gasteiger partial charge in [0.25, 0.3) is 0 Å². The molecular weight excluding hydrogens is 224 g/mol. The van der Waals surface area contributed by atoms with Gasteiger partial charge in [-0.3, -0.25) is 0 Å². The van der Waals surface area contributed by atoms with Crippen molar-refractivity contribution >= 4 is 0 Å². The van der Waals surface area contributed by atoms with Gasteiger partial charge in [0.15, 0.2) is 0 Å². The van der Waals surface area contributed by atoms with Crippen molar-refractivity contribution in [3.05, 3.63) is 65.2 Å². The molecule has 2 aromatic rings. The number of hydrogen-bond acceptors (Lipinski definition) is 2. The number of methoxy groups -OCH3 is 1. The van der Waals surface area contributed by atoms with Crippen molar-refractivity contribution in [3.8, 4) is 5.75 Å². The van der Waals surface area contributed by atoms with Crippen LogP contribution in [0.2, 0.25) is 0 Å². The minimum absolute atomic E-state index is 0.192. The molecule has 3 rings (SSSR count). The van der Waals surface area contributed by atoms with Crippen LogP contribution in [0, 0.1) is 0 Å². The summed E-state index contributed by atoms with van der Waals surface area (Å²) in [7, 11) is 1.64. The fraction of sp³-hybridized carbons (Fsp3) is 0.250. The Balaban J connectivity index is 1.91. The third-order valence-corrected chi connectivity index (χ3v) is 3.73. The number of aliphatic hydroxyl groups is 1. The van der Waals surface area contributed by atoms with E-state index in [1.54, 1.807) is 7.11 Å². The first-order valence-electron chi connectivity index (χ1n) is 6.20. The Labute approximate surface area is 107 Å². The lowest BCUT2D eigenvalue weighted by Crippen LogP contribution is -2.23. The molecule has 0 aliphatic heterocycles. The molecule has 0 saturated heterocycles. The van der Waals surface area contributed by atoms with Crippen LogP contribution >= 0.6 is 0 Å². The first-order chi connectivity index (χ1) is 8.81. The molecule has 1 aliphatic rings. The highest BCUT2D eigenvalue weighted by Gasteiger charge is 2.33. The molecule has 0 aromatic heterocycles. The van der Waals surface area contributed by atoms with Crippen LogP contribution in [0.3, 0.4) is 0 Å². The number of ether oxygens (including phenoxy) is 1. The Morgan fingerprint density at radius 2 is 1.83 bits per heavy atom. The SMILES string of the molecule is COc1ccccc1C(O)C1Cc2ccccc21. The van der Waals surface area contributed by atoms with E-state index >= 15 is 0 Å². The van der Waals surface area contributed by atoms with Gasteiger partial charge < -0.3 is 9.84 Å². The van der Waals surface area contributed by atoms with Gasteiger partial charge in [0.2, 0.25) is 0 Å². The summed E-state index contributed by atoms with van der Waals surface area (Å²) in [5, 5.41) is 10.5. The second kappa shape index (κ2) is 4.46. The normalized spacial score (nSPS) is 18.7. The Kier molecular flexibility index (Phi) is 2.80. The number of para-hydroxylation sites is 1. The fourth-order valence-electron chi connectivity index (χ4n) is 2.71. The fourth-order valence-corrected chi connectivity index (χ4v) is 2.71. The van der Waals surface area contributed by atoms with Crippen LogP contribution < -0.4 is 4.74 Å². The van der Waals surface area contributed by atoms with Gasteiger partial charge in [-0.2, -0.15) is 0 Å². The predicted octanol–water partition coefficient (Wildman–Crippen LogP) is 3.07. The lowest BCUT2D eigenvalue weighted by molar-refractivity contribution is 0.131. The summed E-state index contributed by atoms with van der Waals surface area (Å²) in [5.74, 6) is 0.951. The average Bonchev–Trinajstić information content (AvgIpc) is 2.40. The summed E-state index contributed by atoms with van der Waals surface area (Å²) in [6.07, 6.45) is 0.450. The molecule has 2 unspecified atom stereocenters. The third-order valence-electron chi connectivity index (χ3n) is 3.73. The lowest BCUT2D eigenvalue weighted by Gasteiger charge is -2.34. The average molecular weight is 240 g/mol. The minimum Gasteiger partial charge on any atom is -0.496 e. The number of fused-ring (bicyclic) bond motifs is 1. The van der Waals surface area contributed by atoms with E-state index in [9.17, 15) is 5.11 Å². The first-order valence-corrected chi connectivity index (χ1v) is 6.20. The zero-order valence-corrected chi connectivity index (χ0v) is 10.3. The molecule has 0 amide bonds. The Hall–Kier alpha value is -1.80. The van der Waals surface area contributed by atoms with Crippen molar-refractivity contribution in [2.24, 2.45) is 0 Å². The van der Waals surface area contributed by atoms with E-state index in [0.717, 1.165) is 17.7 Å². The number of benzene rings is 2. The van der Waals surface area contributed by atoms with E-state index < -0.39 is 6.10 Å². The molecule has 2 nitrogen and oxygen atoms in total. The van der Waals surface area contributed by atoms with Crippen molar-refractivity contribution in [1.29, 1.82) is 0 Å². The summed E-state index contributed by atoms with van der Waals surface area (Å²) >= 11 is 0. The van der Waals surface area contributed by atoms with Gasteiger partial charge in [-0.15, -0.1) is 0 Å². The monoisotopic (exact) mass is 240 g/mol. The standard InChI is InChI=1S/C16H16O2/c1-18-15-9-5-4-8-13(15)16(17)14-10-11-6-2-3-7-12(11)14/h2-9,14,16-17H,10H2,1H3. The highest BCUT2D eigenvalue weighted by Crippen LogP contribution is 2.45. The van der Waals surface area contributed by atoms with Gasteiger partial charge in [-0.25, -0.2) is 0 Å². The molecule has 2 aromatic carbocycles. The molecule has 0 saturated carbocycles. The van der Waals surface area contributed by atoms with Crippen LogP contribution in [0.5, 0.6) is 5.75 Å². The topological polar surface area (TPSA) is 29.5 Å². The van der Waals surface area contributed by atoms with Crippen LogP contribution in [0.15, 0.2) is 48.5 Å². The summed E-state index contributed by atoms with van der Waals surface area (Å²) in [6.45, 7) is 0. The highest BCUT2D eigenvalue weighted by atomic mass is 16.5. The molecule has 2 heteroatoms. The van der Waals surface area contributed by atoms with Gasteiger partial charge in [0, 0.05) is 11.5 Å². The van der Waals surface area contributed by atoms with Crippen molar-refractivity contribution in [1.82, 2.24) is 0 Å². The molecule has 2 atom stereocenters. The maximum atomic E-state index is 10.5. The molecule has 0 bridgehead atoms. The van der Waals surface area contributed by atoms with E-state index in [4.69, 9.17) is 4.74 Å². The Bertz CT molecular complexity index is 563. The molecule has 92 valence electrons. The zero-order chi connectivity index (χ0) is 12.5. The van der Waals surface area contributed by atoms with E-state index in [-0.39, 0.29) is 5.92 Å². The van der Waals surface area contributed by atoms with Gasteiger partial charge in [-0.1, -0.05) is 42.5 Å². The number of rotatable bonds is 3. The van der Waals surface area contributed by atoms with E-state index in [1.807, 2.05) is 36.4 Å². The molecule has 1 aliphatic carbocycles. The Morgan fingerprint density at radius 3 is 2.61 bits per heavy atom. The van der Waals surface area contributed by atoms with E-state index in [0.29, 0.717) is 0 Å². The van der Waals surface area contributed by atoms with Crippen LogP contribution in [0.4, 0.5) is 0 Å². The first kappa shape index (κ1) is 11.3.